The normalized spacial score (nSPS) is 15.9. The lowest BCUT2D eigenvalue weighted by Crippen LogP contribution is -2.60. The van der Waals surface area contributed by atoms with Gasteiger partial charge in [0.05, 0.1) is 19.7 Å². The summed E-state index contributed by atoms with van der Waals surface area (Å²) < 4.78 is 10.8. The Labute approximate surface area is 129 Å². The Morgan fingerprint density at radius 1 is 1.55 bits per heavy atom. The number of rotatable bonds is 7. The van der Waals surface area contributed by atoms with E-state index in [1.54, 1.807) is 11.0 Å². The third-order valence-corrected chi connectivity index (χ3v) is 3.58. The molecular weight excluding hydrogens is 287 g/mol. The van der Waals surface area contributed by atoms with Crippen LogP contribution in [0, 0.1) is 0 Å². The summed E-state index contributed by atoms with van der Waals surface area (Å²) in [6.07, 6.45) is 0.655. The standard InChI is InChI=1S/C14H20BN2O5/c1-2-9-3-4-10(5-13(9)22-15-20)21-11-6-17(7-11)14(19)12(16)8-18/h3-5,11-12,18,20H,2,6-8,16H2,1H3. The molecule has 0 saturated carbocycles. The number of likely N-dealkylation sites (tertiary alicyclic amines) is 1. The third kappa shape index (κ3) is 3.71. The molecule has 22 heavy (non-hydrogen) atoms. The number of aryl methyl sites for hydroxylation is 1. The van der Waals surface area contributed by atoms with Gasteiger partial charge in [0.2, 0.25) is 5.91 Å². The SMILES string of the molecule is CCc1ccc(OC2CN(C(=O)C(N)CO)C2)cc1O[B]O. The Kier molecular flexibility index (Phi) is 5.65. The molecule has 1 amide bonds. The van der Waals surface area contributed by atoms with Crippen molar-refractivity contribution in [3.63, 3.8) is 0 Å². The van der Waals surface area contributed by atoms with Crippen LogP contribution in [0.3, 0.4) is 0 Å². The molecular formula is C14H20BN2O5. The van der Waals surface area contributed by atoms with Gasteiger partial charge in [-0.15, -0.1) is 0 Å². The van der Waals surface area contributed by atoms with E-state index in [9.17, 15) is 4.79 Å². The molecule has 1 heterocycles. The molecule has 1 aromatic rings. The zero-order valence-electron chi connectivity index (χ0n) is 12.4. The number of benzene rings is 1. The molecule has 7 nitrogen and oxygen atoms in total. The Bertz CT molecular complexity index is 522. The zero-order chi connectivity index (χ0) is 16.1. The van der Waals surface area contributed by atoms with Gasteiger partial charge in [-0.3, -0.25) is 4.79 Å². The van der Waals surface area contributed by atoms with E-state index in [2.05, 4.69) is 0 Å². The predicted octanol–water partition coefficient (Wildman–Crippen LogP) is -0.936. The number of nitrogens with zero attached hydrogens (tertiary/aromatic N) is 1. The molecule has 4 N–H and O–H groups in total. The van der Waals surface area contributed by atoms with Crippen LogP contribution in [-0.4, -0.2) is 60.5 Å². The first-order valence-electron chi connectivity index (χ1n) is 7.16. The van der Waals surface area contributed by atoms with Crippen molar-refractivity contribution in [3.05, 3.63) is 23.8 Å². The molecule has 1 aliphatic rings. The van der Waals surface area contributed by atoms with E-state index in [0.29, 0.717) is 32.3 Å². The maximum absolute atomic E-state index is 11.7. The molecule has 119 valence electrons. The highest BCUT2D eigenvalue weighted by Gasteiger charge is 2.34. The minimum atomic E-state index is -0.870. The van der Waals surface area contributed by atoms with Gasteiger partial charge in [0.25, 0.3) is 0 Å². The number of carbonyl (C=O) groups excluding carboxylic acids is 1. The van der Waals surface area contributed by atoms with Gasteiger partial charge in [-0.05, 0) is 18.1 Å². The molecule has 1 saturated heterocycles. The average molecular weight is 307 g/mol. The van der Waals surface area contributed by atoms with Crippen LogP contribution in [0.15, 0.2) is 18.2 Å². The average Bonchev–Trinajstić information content (AvgIpc) is 2.49. The smallest absolute Gasteiger partial charge is 0.537 e. The van der Waals surface area contributed by atoms with Gasteiger partial charge < -0.3 is 30.2 Å². The van der Waals surface area contributed by atoms with Crippen LogP contribution in [0.2, 0.25) is 0 Å². The minimum absolute atomic E-state index is 0.117. The third-order valence-electron chi connectivity index (χ3n) is 3.58. The minimum Gasteiger partial charge on any atom is -0.537 e. The van der Waals surface area contributed by atoms with Crippen molar-refractivity contribution in [2.45, 2.75) is 25.5 Å². The summed E-state index contributed by atoms with van der Waals surface area (Å²) in [5.74, 6) is 0.872. The summed E-state index contributed by atoms with van der Waals surface area (Å²) in [5.41, 5.74) is 6.44. The molecule has 1 fully saturated rings. The quantitative estimate of drug-likeness (QED) is 0.562. The van der Waals surface area contributed by atoms with Crippen molar-refractivity contribution < 1.29 is 24.3 Å². The molecule has 1 unspecified atom stereocenters. The number of carbonyl (C=O) groups is 1. The lowest BCUT2D eigenvalue weighted by atomic mass is 10.1. The molecule has 1 radical (unpaired) electrons. The predicted molar refractivity (Wildman–Crippen MR) is 80.5 cm³/mol. The number of ether oxygens (including phenoxy) is 1. The number of hydrogen-bond donors (Lipinski definition) is 3. The van der Waals surface area contributed by atoms with Crippen LogP contribution in [-0.2, 0) is 11.2 Å². The highest BCUT2D eigenvalue weighted by molar-refractivity contribution is 6.17. The molecule has 1 atom stereocenters. The van der Waals surface area contributed by atoms with E-state index in [1.807, 2.05) is 19.1 Å². The highest BCUT2D eigenvalue weighted by Crippen LogP contribution is 2.27. The first-order valence-corrected chi connectivity index (χ1v) is 7.16. The second-order valence-electron chi connectivity index (χ2n) is 5.12. The Balaban J connectivity index is 1.91. The van der Waals surface area contributed by atoms with E-state index in [4.69, 9.17) is 25.3 Å². The Hall–Kier alpha value is -1.77. The van der Waals surface area contributed by atoms with Crippen molar-refractivity contribution in [1.29, 1.82) is 0 Å². The monoisotopic (exact) mass is 307 g/mol. The zero-order valence-corrected chi connectivity index (χ0v) is 12.4. The summed E-state index contributed by atoms with van der Waals surface area (Å²) in [5, 5.41) is 17.6. The van der Waals surface area contributed by atoms with Gasteiger partial charge in [0.1, 0.15) is 23.6 Å². The summed E-state index contributed by atoms with van der Waals surface area (Å²) >= 11 is 0. The van der Waals surface area contributed by atoms with Crippen LogP contribution >= 0.6 is 0 Å². The van der Waals surface area contributed by atoms with Crippen molar-refractivity contribution in [2.24, 2.45) is 5.73 Å². The fourth-order valence-electron chi connectivity index (χ4n) is 2.26. The fraction of sp³-hybridized carbons (Fsp3) is 0.500. The number of aliphatic hydroxyl groups is 1. The summed E-state index contributed by atoms with van der Waals surface area (Å²) in [6.45, 7) is 2.49. The maximum atomic E-state index is 11.7. The molecule has 0 aliphatic carbocycles. The van der Waals surface area contributed by atoms with Gasteiger partial charge in [-0.2, -0.15) is 0 Å². The highest BCUT2D eigenvalue weighted by atomic mass is 16.5. The summed E-state index contributed by atoms with van der Waals surface area (Å²) in [4.78, 5) is 13.3. The topological polar surface area (TPSA) is 105 Å². The second-order valence-corrected chi connectivity index (χ2v) is 5.12. The molecule has 0 spiro atoms. The van der Waals surface area contributed by atoms with Gasteiger partial charge in [0.15, 0.2) is 0 Å². The molecule has 0 aromatic heterocycles. The van der Waals surface area contributed by atoms with Crippen molar-refractivity contribution in [2.75, 3.05) is 19.7 Å². The van der Waals surface area contributed by atoms with Crippen molar-refractivity contribution >= 4 is 13.6 Å². The van der Waals surface area contributed by atoms with E-state index >= 15 is 0 Å². The molecule has 1 aliphatic heterocycles. The summed E-state index contributed by atoms with van der Waals surface area (Å²) in [7, 11) is 0.637. The Morgan fingerprint density at radius 2 is 2.27 bits per heavy atom. The Morgan fingerprint density at radius 3 is 2.86 bits per heavy atom. The second kappa shape index (κ2) is 7.48. The van der Waals surface area contributed by atoms with E-state index in [1.165, 1.54) is 0 Å². The van der Waals surface area contributed by atoms with E-state index < -0.39 is 6.04 Å². The fourth-order valence-corrected chi connectivity index (χ4v) is 2.26. The largest absolute Gasteiger partial charge is 0.569 e. The first kappa shape index (κ1) is 16.6. The van der Waals surface area contributed by atoms with Gasteiger partial charge in [-0.25, -0.2) is 0 Å². The van der Waals surface area contributed by atoms with Gasteiger partial charge in [-0.1, -0.05) is 13.0 Å². The lowest BCUT2D eigenvalue weighted by molar-refractivity contribution is -0.142. The van der Waals surface area contributed by atoms with Crippen molar-refractivity contribution in [3.8, 4) is 11.5 Å². The van der Waals surface area contributed by atoms with Gasteiger partial charge in [0, 0.05) is 6.07 Å². The lowest BCUT2D eigenvalue weighted by Gasteiger charge is -2.40. The van der Waals surface area contributed by atoms with Crippen LogP contribution in [0.25, 0.3) is 0 Å². The van der Waals surface area contributed by atoms with E-state index in [0.717, 1.165) is 12.0 Å². The molecule has 1 aromatic carbocycles. The van der Waals surface area contributed by atoms with Crippen molar-refractivity contribution in [1.82, 2.24) is 4.90 Å². The van der Waals surface area contributed by atoms with Crippen LogP contribution in [0.4, 0.5) is 0 Å². The number of nitrogens with two attached hydrogens (primary N) is 1. The van der Waals surface area contributed by atoms with E-state index in [-0.39, 0.29) is 18.6 Å². The van der Waals surface area contributed by atoms with Gasteiger partial charge >= 0.3 is 7.69 Å². The summed E-state index contributed by atoms with van der Waals surface area (Å²) in [6, 6.07) is 4.53. The van der Waals surface area contributed by atoms with Crippen LogP contribution in [0.1, 0.15) is 12.5 Å². The van der Waals surface area contributed by atoms with Crippen LogP contribution in [0.5, 0.6) is 11.5 Å². The number of amides is 1. The molecule has 8 heteroatoms. The maximum Gasteiger partial charge on any atom is 0.569 e. The number of aliphatic hydroxyl groups excluding tert-OH is 1. The number of hydrogen-bond acceptors (Lipinski definition) is 6. The van der Waals surface area contributed by atoms with Crippen LogP contribution < -0.4 is 15.1 Å². The molecule has 2 rings (SSSR count). The molecule has 0 bridgehead atoms. The first-order chi connectivity index (χ1) is 10.6.